The summed E-state index contributed by atoms with van der Waals surface area (Å²) in [5, 5.41) is 3.17. The molecule has 0 atom stereocenters. The number of nitrogens with one attached hydrogen (secondary N) is 1. The molecule has 0 spiro atoms. The lowest BCUT2D eigenvalue weighted by Gasteiger charge is -2.07. The highest BCUT2D eigenvalue weighted by atomic mass is 16.5. The van der Waals surface area contributed by atoms with E-state index in [9.17, 15) is 0 Å². The molecule has 0 aliphatic heterocycles. The first-order valence-corrected chi connectivity index (χ1v) is 5.47. The van der Waals surface area contributed by atoms with Crippen molar-refractivity contribution < 1.29 is 4.74 Å². The minimum Gasteiger partial charge on any atom is -0.379 e. The van der Waals surface area contributed by atoms with Crippen LogP contribution in [0, 0.1) is 13.8 Å². The average Bonchev–Trinajstić information content (AvgIpc) is 2.28. The van der Waals surface area contributed by atoms with Gasteiger partial charge in [0.05, 0.1) is 30.8 Å². The van der Waals surface area contributed by atoms with E-state index in [2.05, 4.69) is 21.9 Å². The summed E-state index contributed by atoms with van der Waals surface area (Å²) in [7, 11) is 0. The van der Waals surface area contributed by atoms with Gasteiger partial charge in [0.25, 0.3) is 0 Å². The summed E-state index contributed by atoms with van der Waals surface area (Å²) in [5.41, 5.74) is 1.92. The molecule has 0 aromatic carbocycles. The van der Waals surface area contributed by atoms with Gasteiger partial charge in [-0.3, -0.25) is 4.98 Å². The third-order valence-corrected chi connectivity index (χ3v) is 2.21. The molecule has 0 aliphatic carbocycles. The van der Waals surface area contributed by atoms with E-state index in [0.29, 0.717) is 6.61 Å². The maximum atomic E-state index is 5.37. The maximum Gasteiger partial charge on any atom is 0.144 e. The van der Waals surface area contributed by atoms with E-state index >= 15 is 0 Å². The Morgan fingerprint density at radius 3 is 2.88 bits per heavy atom. The number of hydrogen-bond donors (Lipinski definition) is 1. The third kappa shape index (κ3) is 4.40. The van der Waals surface area contributed by atoms with Gasteiger partial charge in [-0.2, -0.15) is 0 Å². The number of ether oxygens (including phenoxy) is 1. The Balaban J connectivity index is 2.21. The molecule has 0 saturated carbocycles. The van der Waals surface area contributed by atoms with Crippen LogP contribution in [0.3, 0.4) is 0 Å². The molecule has 0 bridgehead atoms. The Kier molecular flexibility index (Phi) is 5.50. The average molecular weight is 221 g/mol. The molecule has 0 fully saturated rings. The van der Waals surface area contributed by atoms with E-state index in [1.54, 1.807) is 6.20 Å². The topological polar surface area (TPSA) is 47.0 Å². The molecule has 0 aliphatic rings. The number of anilines is 1. The molecule has 0 radical (unpaired) electrons. The molecule has 1 heterocycles. The summed E-state index contributed by atoms with van der Waals surface area (Å²) < 4.78 is 5.37. The van der Waals surface area contributed by atoms with Crippen LogP contribution in [0.1, 0.15) is 17.8 Å². The van der Waals surface area contributed by atoms with E-state index in [1.807, 2.05) is 19.9 Å². The first-order valence-electron chi connectivity index (χ1n) is 5.47. The Bertz CT molecular complexity index is 339. The van der Waals surface area contributed by atoms with Crippen LogP contribution < -0.4 is 5.32 Å². The van der Waals surface area contributed by atoms with Crippen LogP contribution in [-0.4, -0.2) is 29.7 Å². The first-order chi connectivity index (χ1) is 7.74. The van der Waals surface area contributed by atoms with Gasteiger partial charge in [0.1, 0.15) is 5.82 Å². The molecule has 1 aromatic heterocycles. The van der Waals surface area contributed by atoms with Crippen LogP contribution >= 0.6 is 0 Å². The van der Waals surface area contributed by atoms with Crippen LogP contribution in [0.15, 0.2) is 18.9 Å². The molecule has 1 rings (SSSR count). The Morgan fingerprint density at radius 2 is 2.19 bits per heavy atom. The Morgan fingerprint density at radius 1 is 1.38 bits per heavy atom. The standard InChI is InChI=1S/C12H19N3O/c1-4-5-7-16-8-6-13-12-9-14-10(2)11(3)15-12/h4,9H,1,5-8H2,2-3H3,(H,13,15). The van der Waals surface area contributed by atoms with Crippen LogP contribution in [0.25, 0.3) is 0 Å². The van der Waals surface area contributed by atoms with Crippen LogP contribution in [0.2, 0.25) is 0 Å². The van der Waals surface area contributed by atoms with Crippen LogP contribution in [0.5, 0.6) is 0 Å². The molecule has 1 aromatic rings. The van der Waals surface area contributed by atoms with Crippen molar-refractivity contribution in [3.05, 3.63) is 30.2 Å². The molecule has 0 saturated heterocycles. The monoisotopic (exact) mass is 221 g/mol. The summed E-state index contributed by atoms with van der Waals surface area (Å²) in [4.78, 5) is 8.59. The predicted octanol–water partition coefficient (Wildman–Crippen LogP) is 2.10. The van der Waals surface area contributed by atoms with Gasteiger partial charge in [0, 0.05) is 6.54 Å². The predicted molar refractivity (Wildman–Crippen MR) is 65.6 cm³/mol. The van der Waals surface area contributed by atoms with Gasteiger partial charge < -0.3 is 10.1 Å². The van der Waals surface area contributed by atoms with Crippen molar-refractivity contribution in [2.45, 2.75) is 20.3 Å². The smallest absolute Gasteiger partial charge is 0.144 e. The van der Waals surface area contributed by atoms with Crippen molar-refractivity contribution in [3.63, 3.8) is 0 Å². The highest BCUT2D eigenvalue weighted by molar-refractivity contribution is 5.33. The Labute approximate surface area is 96.8 Å². The van der Waals surface area contributed by atoms with Crippen LogP contribution in [-0.2, 0) is 4.74 Å². The number of aromatic nitrogens is 2. The lowest BCUT2D eigenvalue weighted by Crippen LogP contribution is -2.11. The van der Waals surface area contributed by atoms with Gasteiger partial charge in [-0.05, 0) is 20.3 Å². The second-order valence-corrected chi connectivity index (χ2v) is 3.54. The van der Waals surface area contributed by atoms with Gasteiger partial charge in [-0.15, -0.1) is 6.58 Å². The summed E-state index contributed by atoms with van der Waals surface area (Å²) in [6.45, 7) is 9.67. The SMILES string of the molecule is C=CCCOCCNc1cnc(C)c(C)n1. The minimum atomic E-state index is 0.669. The van der Waals surface area contributed by atoms with E-state index in [4.69, 9.17) is 4.74 Å². The summed E-state index contributed by atoms with van der Waals surface area (Å²) >= 11 is 0. The highest BCUT2D eigenvalue weighted by Gasteiger charge is 1.98. The van der Waals surface area contributed by atoms with Crippen molar-refractivity contribution in [2.24, 2.45) is 0 Å². The lowest BCUT2D eigenvalue weighted by atomic mass is 10.3. The van der Waals surface area contributed by atoms with Crippen molar-refractivity contribution >= 4 is 5.82 Å². The molecule has 4 nitrogen and oxygen atoms in total. The second-order valence-electron chi connectivity index (χ2n) is 3.54. The molecule has 0 unspecified atom stereocenters. The number of rotatable bonds is 7. The van der Waals surface area contributed by atoms with Gasteiger partial charge in [0.2, 0.25) is 0 Å². The second kappa shape index (κ2) is 6.95. The fraction of sp³-hybridized carbons (Fsp3) is 0.500. The largest absolute Gasteiger partial charge is 0.379 e. The van der Waals surface area contributed by atoms with E-state index < -0.39 is 0 Å². The number of nitrogens with zero attached hydrogens (tertiary/aromatic N) is 2. The van der Waals surface area contributed by atoms with E-state index in [-0.39, 0.29) is 0 Å². The zero-order valence-corrected chi connectivity index (χ0v) is 9.99. The number of aryl methyl sites for hydroxylation is 2. The van der Waals surface area contributed by atoms with Gasteiger partial charge in [-0.25, -0.2) is 4.98 Å². The van der Waals surface area contributed by atoms with Gasteiger partial charge in [0.15, 0.2) is 0 Å². The van der Waals surface area contributed by atoms with Crippen molar-refractivity contribution in [3.8, 4) is 0 Å². The minimum absolute atomic E-state index is 0.669. The van der Waals surface area contributed by atoms with Crippen molar-refractivity contribution in [1.29, 1.82) is 0 Å². The quantitative estimate of drug-likeness (QED) is 0.566. The fourth-order valence-electron chi connectivity index (χ4n) is 1.15. The molecule has 88 valence electrons. The fourth-order valence-corrected chi connectivity index (χ4v) is 1.15. The third-order valence-electron chi connectivity index (χ3n) is 2.21. The normalized spacial score (nSPS) is 10.1. The summed E-state index contributed by atoms with van der Waals surface area (Å²) in [6.07, 6.45) is 4.48. The summed E-state index contributed by atoms with van der Waals surface area (Å²) in [5.74, 6) is 0.801. The molecule has 16 heavy (non-hydrogen) atoms. The van der Waals surface area contributed by atoms with Crippen molar-refractivity contribution in [2.75, 3.05) is 25.1 Å². The van der Waals surface area contributed by atoms with Crippen molar-refractivity contribution in [1.82, 2.24) is 9.97 Å². The lowest BCUT2D eigenvalue weighted by molar-refractivity contribution is 0.149. The highest BCUT2D eigenvalue weighted by Crippen LogP contribution is 2.04. The summed E-state index contributed by atoms with van der Waals surface area (Å²) in [6, 6.07) is 0. The Hall–Kier alpha value is -1.42. The number of hydrogen-bond acceptors (Lipinski definition) is 4. The van der Waals surface area contributed by atoms with Gasteiger partial charge in [-0.1, -0.05) is 6.08 Å². The van der Waals surface area contributed by atoms with E-state index in [1.165, 1.54) is 0 Å². The van der Waals surface area contributed by atoms with E-state index in [0.717, 1.165) is 36.8 Å². The zero-order chi connectivity index (χ0) is 11.8. The first kappa shape index (κ1) is 12.6. The maximum absolute atomic E-state index is 5.37. The molecule has 1 N–H and O–H groups in total. The molecule has 0 amide bonds. The molecule has 4 heteroatoms. The molecular formula is C12H19N3O. The molecular weight excluding hydrogens is 202 g/mol. The zero-order valence-electron chi connectivity index (χ0n) is 9.99. The van der Waals surface area contributed by atoms with Gasteiger partial charge >= 0.3 is 0 Å². The van der Waals surface area contributed by atoms with Crippen LogP contribution in [0.4, 0.5) is 5.82 Å².